The number of terminal acetylenes is 1. The summed E-state index contributed by atoms with van der Waals surface area (Å²) in [7, 11) is -4.02. The Hall–Kier alpha value is -1.88. The van der Waals surface area contributed by atoms with Crippen LogP contribution in [0.3, 0.4) is 0 Å². The first-order valence-corrected chi connectivity index (χ1v) is 9.94. The number of benzene rings is 1. The van der Waals surface area contributed by atoms with Gasteiger partial charge in [0.1, 0.15) is 0 Å². The molecule has 0 aliphatic rings. The third-order valence-electron chi connectivity index (χ3n) is 3.30. The van der Waals surface area contributed by atoms with Gasteiger partial charge in [0.15, 0.2) is 4.80 Å². The average molecular weight is 381 g/mol. The molecule has 2 N–H and O–H groups in total. The Morgan fingerprint density at radius 2 is 1.84 bits per heavy atom. The lowest BCUT2D eigenvalue weighted by Gasteiger charge is -2.14. The highest BCUT2D eigenvalue weighted by Crippen LogP contribution is 2.24. The van der Waals surface area contributed by atoms with Crippen molar-refractivity contribution in [3.63, 3.8) is 0 Å². The van der Waals surface area contributed by atoms with Crippen LogP contribution in [0, 0.1) is 24.7 Å². The van der Waals surface area contributed by atoms with Crippen LogP contribution in [-0.2, 0) is 22.1 Å². The Morgan fingerprint density at radius 1 is 1.28 bits per heavy atom. The summed E-state index contributed by atoms with van der Waals surface area (Å²) in [4.78, 5) is 1.76. The Kier molecular flexibility index (Phi) is 7.17. The third kappa shape index (κ3) is 6.86. The number of rotatable bonds is 3. The van der Waals surface area contributed by atoms with E-state index >= 15 is 0 Å². The van der Waals surface area contributed by atoms with Gasteiger partial charge in [0.05, 0.1) is 4.90 Å². The maximum Gasteiger partial charge on any atom is 0.294 e. The van der Waals surface area contributed by atoms with Crippen molar-refractivity contribution in [3.8, 4) is 12.3 Å². The molecule has 0 spiro atoms. The highest BCUT2D eigenvalue weighted by atomic mass is 32.2. The van der Waals surface area contributed by atoms with Crippen LogP contribution in [0.15, 0.2) is 35.4 Å². The monoisotopic (exact) mass is 380 g/mol. The van der Waals surface area contributed by atoms with E-state index in [0.29, 0.717) is 11.2 Å². The molecule has 1 heterocycles. The summed E-state index contributed by atoms with van der Waals surface area (Å²) in [5.74, 6) is 2.59. The van der Waals surface area contributed by atoms with Crippen LogP contribution in [0.1, 0.15) is 37.6 Å². The largest absolute Gasteiger partial charge is 0.323 e. The molecule has 0 unspecified atom stereocenters. The molecule has 0 amide bonds. The molecule has 25 heavy (non-hydrogen) atoms. The summed E-state index contributed by atoms with van der Waals surface area (Å²) in [6.07, 6.45) is 7.94. The molecule has 0 bridgehead atoms. The van der Waals surface area contributed by atoms with Gasteiger partial charge in [-0.3, -0.25) is 9.96 Å². The lowest BCUT2D eigenvalue weighted by molar-refractivity contribution is 0.483. The Labute approximate surface area is 153 Å². The summed E-state index contributed by atoms with van der Waals surface area (Å²) < 4.78 is 31.5. The van der Waals surface area contributed by atoms with Crippen molar-refractivity contribution in [1.29, 1.82) is 5.41 Å². The van der Waals surface area contributed by atoms with Crippen LogP contribution < -0.4 is 4.80 Å². The van der Waals surface area contributed by atoms with Gasteiger partial charge < -0.3 is 4.57 Å². The number of aryl methyl sites for hydroxylation is 2. The van der Waals surface area contributed by atoms with Crippen molar-refractivity contribution in [2.75, 3.05) is 0 Å². The van der Waals surface area contributed by atoms with Crippen molar-refractivity contribution >= 4 is 21.5 Å². The first-order chi connectivity index (χ1) is 11.4. The van der Waals surface area contributed by atoms with Crippen molar-refractivity contribution < 1.29 is 13.0 Å². The third-order valence-corrected chi connectivity index (χ3v) is 5.53. The standard InChI is InChI=1S/C11H16N2S.C7H8O3S/c1-5-6-7-13-8-9(11(2,3)4)14-10(13)12;1-6-2-4-7(5-3-6)11(8,9)10/h1,8,12H,6-7H2,2-4H3;2-5H,1H3,(H,8,9,10). The molecule has 1 aromatic carbocycles. The first-order valence-electron chi connectivity index (χ1n) is 7.68. The van der Waals surface area contributed by atoms with E-state index in [-0.39, 0.29) is 10.3 Å². The van der Waals surface area contributed by atoms with Gasteiger partial charge in [-0.15, -0.1) is 23.7 Å². The van der Waals surface area contributed by atoms with Gasteiger partial charge in [0, 0.05) is 24.0 Å². The molecule has 0 saturated heterocycles. The van der Waals surface area contributed by atoms with Crippen molar-refractivity contribution in [1.82, 2.24) is 4.57 Å². The van der Waals surface area contributed by atoms with Gasteiger partial charge in [-0.2, -0.15) is 8.42 Å². The molecule has 0 aliphatic carbocycles. The van der Waals surface area contributed by atoms with Crippen molar-refractivity contribution in [2.45, 2.75) is 51.0 Å². The van der Waals surface area contributed by atoms with Gasteiger partial charge in [-0.05, 0) is 24.5 Å². The van der Waals surface area contributed by atoms with Crippen LogP contribution in [-0.4, -0.2) is 17.5 Å². The van der Waals surface area contributed by atoms with E-state index in [1.54, 1.807) is 12.1 Å². The Morgan fingerprint density at radius 3 is 2.24 bits per heavy atom. The molecule has 7 heteroatoms. The Bertz CT molecular complexity index is 894. The van der Waals surface area contributed by atoms with E-state index in [0.717, 1.165) is 12.1 Å². The predicted octanol–water partition coefficient (Wildman–Crippen LogP) is 3.59. The summed E-state index contributed by atoms with van der Waals surface area (Å²) in [5.41, 5.74) is 1.08. The molecule has 136 valence electrons. The molecule has 5 nitrogen and oxygen atoms in total. The number of nitrogens with zero attached hydrogens (tertiary/aromatic N) is 1. The molecule has 1 aromatic heterocycles. The topological polar surface area (TPSA) is 83.2 Å². The molecule has 2 rings (SSSR count). The van der Waals surface area contributed by atoms with E-state index < -0.39 is 10.1 Å². The number of nitrogens with one attached hydrogen (secondary N) is 1. The predicted molar refractivity (Wildman–Crippen MR) is 101 cm³/mol. The van der Waals surface area contributed by atoms with Crippen LogP contribution >= 0.6 is 11.3 Å². The molecule has 0 atom stereocenters. The molecule has 0 fully saturated rings. The summed E-state index contributed by atoms with van der Waals surface area (Å²) in [6, 6.07) is 5.99. The zero-order chi connectivity index (χ0) is 19.3. The zero-order valence-corrected chi connectivity index (χ0v) is 16.5. The van der Waals surface area contributed by atoms with Gasteiger partial charge in [0.25, 0.3) is 10.1 Å². The maximum atomic E-state index is 10.5. The van der Waals surface area contributed by atoms with Crippen LogP contribution in [0.4, 0.5) is 0 Å². The Balaban J connectivity index is 0.000000257. The van der Waals surface area contributed by atoms with Crippen LogP contribution in [0.5, 0.6) is 0 Å². The first kappa shape index (κ1) is 21.2. The number of hydrogen-bond acceptors (Lipinski definition) is 4. The minimum atomic E-state index is -4.02. The van der Waals surface area contributed by atoms with Gasteiger partial charge in [0.2, 0.25) is 0 Å². The molecular formula is C18H24N2O3S2. The second kappa shape index (κ2) is 8.48. The number of thiazole rings is 1. The highest BCUT2D eigenvalue weighted by Gasteiger charge is 2.16. The smallest absolute Gasteiger partial charge is 0.294 e. The minimum absolute atomic E-state index is 0.0666. The normalized spacial score (nSPS) is 11.4. The zero-order valence-electron chi connectivity index (χ0n) is 14.9. The average Bonchev–Trinajstić information content (AvgIpc) is 2.86. The fourth-order valence-electron chi connectivity index (χ4n) is 1.80. The fourth-order valence-corrected chi connectivity index (χ4v) is 3.23. The summed E-state index contributed by atoms with van der Waals surface area (Å²) in [6.45, 7) is 9.06. The minimum Gasteiger partial charge on any atom is -0.323 e. The quantitative estimate of drug-likeness (QED) is 0.630. The van der Waals surface area contributed by atoms with Crippen LogP contribution in [0.2, 0.25) is 0 Å². The van der Waals surface area contributed by atoms with E-state index in [1.165, 1.54) is 28.3 Å². The molecule has 2 aromatic rings. The van der Waals surface area contributed by atoms with Crippen molar-refractivity contribution in [2.24, 2.45) is 0 Å². The second-order valence-corrected chi connectivity index (χ2v) is 9.04. The van der Waals surface area contributed by atoms with Crippen molar-refractivity contribution in [3.05, 3.63) is 45.7 Å². The van der Waals surface area contributed by atoms with Crippen LogP contribution in [0.25, 0.3) is 0 Å². The van der Waals surface area contributed by atoms with E-state index in [9.17, 15) is 8.42 Å². The molecule has 0 aliphatic heterocycles. The number of hydrogen-bond donors (Lipinski definition) is 2. The van der Waals surface area contributed by atoms with E-state index in [4.69, 9.17) is 16.4 Å². The summed E-state index contributed by atoms with van der Waals surface area (Å²) >= 11 is 1.53. The van der Waals surface area contributed by atoms with Gasteiger partial charge in [-0.1, -0.05) is 38.5 Å². The van der Waals surface area contributed by atoms with E-state index in [1.807, 2.05) is 17.7 Å². The van der Waals surface area contributed by atoms with Gasteiger partial charge >= 0.3 is 0 Å². The SMILES string of the molecule is C#CCCn1cc(C(C)(C)C)sc1=N.Cc1ccc(S(=O)(=O)O)cc1. The summed E-state index contributed by atoms with van der Waals surface area (Å²) in [5, 5.41) is 7.76. The molecule has 0 saturated carbocycles. The molecular weight excluding hydrogens is 356 g/mol. The second-order valence-electron chi connectivity index (χ2n) is 6.59. The maximum absolute atomic E-state index is 10.5. The highest BCUT2D eigenvalue weighted by molar-refractivity contribution is 7.85. The number of aromatic nitrogens is 1. The fraction of sp³-hybridized carbons (Fsp3) is 0.389. The van der Waals surface area contributed by atoms with Gasteiger partial charge in [-0.25, -0.2) is 0 Å². The molecule has 0 radical (unpaired) electrons. The lowest BCUT2D eigenvalue weighted by Crippen LogP contribution is -2.11. The lowest BCUT2D eigenvalue weighted by atomic mass is 9.95. The van der Waals surface area contributed by atoms with E-state index in [2.05, 4.69) is 26.7 Å².